The van der Waals surface area contributed by atoms with Gasteiger partial charge < -0.3 is 9.47 Å². The summed E-state index contributed by atoms with van der Waals surface area (Å²) in [6.07, 6.45) is -3.55. The van der Waals surface area contributed by atoms with E-state index in [0.717, 1.165) is 6.20 Å². The summed E-state index contributed by atoms with van der Waals surface area (Å²) in [4.78, 5) is 15.7. The van der Waals surface area contributed by atoms with Gasteiger partial charge in [-0.2, -0.15) is 18.3 Å². The van der Waals surface area contributed by atoms with E-state index in [1.807, 2.05) is 0 Å². The number of carbonyl (C=O) groups is 1. The lowest BCUT2D eigenvalue weighted by atomic mass is 10.2. The van der Waals surface area contributed by atoms with Crippen molar-refractivity contribution >= 4 is 11.8 Å². The first-order chi connectivity index (χ1) is 11.5. The third kappa shape index (κ3) is 4.40. The molecule has 2 heterocycles. The van der Waals surface area contributed by atoms with Crippen LogP contribution < -0.4 is 10.1 Å². The van der Waals surface area contributed by atoms with Gasteiger partial charge in [0.25, 0.3) is 0 Å². The Balaban J connectivity index is 2.47. The van der Waals surface area contributed by atoms with E-state index >= 15 is 0 Å². The molecule has 0 saturated heterocycles. The molecule has 0 atom stereocenters. The molecule has 0 aliphatic heterocycles. The Morgan fingerprint density at radius 1 is 1.28 bits per heavy atom. The Morgan fingerprint density at radius 3 is 2.52 bits per heavy atom. The number of aromatic nitrogens is 3. The molecule has 0 bridgehead atoms. The van der Waals surface area contributed by atoms with Crippen molar-refractivity contribution in [2.24, 2.45) is 0 Å². The molecule has 2 rings (SSSR count). The topological polar surface area (TPSA) is 78.3 Å². The first kappa shape index (κ1) is 18.6. The Morgan fingerprint density at radius 2 is 1.96 bits per heavy atom. The number of alkyl halides is 3. The summed E-state index contributed by atoms with van der Waals surface area (Å²) in [5.41, 5.74) is -2.59. The number of methoxy groups -OCH3 is 1. The Kier molecular flexibility index (Phi) is 4.91. The van der Waals surface area contributed by atoms with E-state index in [4.69, 9.17) is 9.47 Å². The molecule has 136 valence electrons. The summed E-state index contributed by atoms with van der Waals surface area (Å²) in [6, 6.07) is 2.81. The number of hydrogen-bond acceptors (Lipinski definition) is 5. The van der Waals surface area contributed by atoms with Crippen molar-refractivity contribution in [2.45, 2.75) is 32.5 Å². The van der Waals surface area contributed by atoms with Gasteiger partial charge in [0.05, 0.1) is 19.0 Å². The highest BCUT2D eigenvalue weighted by Gasteiger charge is 2.40. The van der Waals surface area contributed by atoms with Crippen LogP contribution in [0.1, 0.15) is 26.5 Å². The van der Waals surface area contributed by atoms with Crippen molar-refractivity contribution in [3.8, 4) is 11.6 Å². The predicted molar refractivity (Wildman–Crippen MR) is 82.8 cm³/mol. The summed E-state index contributed by atoms with van der Waals surface area (Å²) >= 11 is 0. The van der Waals surface area contributed by atoms with Crippen LogP contribution in [0.5, 0.6) is 5.88 Å². The van der Waals surface area contributed by atoms with Crippen molar-refractivity contribution in [3.05, 3.63) is 30.2 Å². The van der Waals surface area contributed by atoms with Gasteiger partial charge in [0.1, 0.15) is 11.3 Å². The van der Waals surface area contributed by atoms with Crippen molar-refractivity contribution < 1.29 is 27.4 Å². The molecule has 1 N–H and O–H groups in total. The molecule has 10 heteroatoms. The number of halogens is 3. The molecule has 0 aromatic carbocycles. The fourth-order valence-corrected chi connectivity index (χ4v) is 2.01. The van der Waals surface area contributed by atoms with Gasteiger partial charge in [0.15, 0.2) is 5.69 Å². The minimum atomic E-state index is -4.79. The van der Waals surface area contributed by atoms with Gasteiger partial charge in [-0.1, -0.05) is 0 Å². The molecule has 2 aromatic heterocycles. The molecule has 0 saturated carbocycles. The average Bonchev–Trinajstić information content (AvgIpc) is 2.88. The van der Waals surface area contributed by atoms with Crippen LogP contribution >= 0.6 is 0 Å². The van der Waals surface area contributed by atoms with E-state index < -0.39 is 29.3 Å². The number of ether oxygens (including phenoxy) is 2. The lowest BCUT2D eigenvalue weighted by molar-refractivity contribution is -0.142. The smallest absolute Gasteiger partial charge is 0.435 e. The number of pyridine rings is 1. The lowest BCUT2D eigenvalue weighted by Crippen LogP contribution is -2.28. The van der Waals surface area contributed by atoms with E-state index in [9.17, 15) is 18.0 Å². The largest absolute Gasteiger partial charge is 0.479 e. The average molecular weight is 358 g/mol. The summed E-state index contributed by atoms with van der Waals surface area (Å²) in [5.74, 6) is -0.0417. The highest BCUT2D eigenvalue weighted by atomic mass is 19.4. The number of anilines is 1. The Hall–Kier alpha value is -2.78. The predicted octanol–water partition coefficient (Wildman–Crippen LogP) is 3.64. The lowest BCUT2D eigenvalue weighted by Gasteiger charge is -2.20. The molecule has 0 radical (unpaired) electrons. The van der Waals surface area contributed by atoms with E-state index in [2.05, 4.69) is 15.4 Å². The molecule has 0 unspecified atom stereocenters. The second kappa shape index (κ2) is 6.61. The van der Waals surface area contributed by atoms with Crippen molar-refractivity contribution in [2.75, 3.05) is 12.4 Å². The Labute approximate surface area is 141 Å². The van der Waals surface area contributed by atoms with Crippen LogP contribution in [0.2, 0.25) is 0 Å². The summed E-state index contributed by atoms with van der Waals surface area (Å²) < 4.78 is 51.2. The monoisotopic (exact) mass is 358 g/mol. The van der Waals surface area contributed by atoms with Crippen LogP contribution in [0.3, 0.4) is 0 Å². The number of amides is 1. The third-order valence-electron chi connectivity index (χ3n) is 2.85. The molecule has 2 aromatic rings. The minimum absolute atomic E-state index is 0.0189. The van der Waals surface area contributed by atoms with Crippen LogP contribution in [0.25, 0.3) is 5.69 Å². The van der Waals surface area contributed by atoms with Crippen LogP contribution in [-0.4, -0.2) is 33.6 Å². The Bertz CT molecular complexity index is 766. The third-order valence-corrected chi connectivity index (χ3v) is 2.85. The molecule has 0 spiro atoms. The fraction of sp³-hybridized carbons (Fsp3) is 0.400. The van der Waals surface area contributed by atoms with Crippen LogP contribution in [0.15, 0.2) is 24.5 Å². The van der Waals surface area contributed by atoms with Gasteiger partial charge in [-0.05, 0) is 32.9 Å². The quantitative estimate of drug-likeness (QED) is 0.906. The maximum atomic E-state index is 13.5. The van der Waals surface area contributed by atoms with Crippen LogP contribution in [0.4, 0.5) is 23.7 Å². The minimum Gasteiger partial charge on any atom is -0.479 e. The number of carbonyl (C=O) groups excluding carboxylic acids is 1. The van der Waals surface area contributed by atoms with Crippen LogP contribution in [-0.2, 0) is 10.9 Å². The molecular weight excluding hydrogens is 341 g/mol. The highest BCUT2D eigenvalue weighted by Crippen LogP contribution is 2.37. The second-order valence-electron chi connectivity index (χ2n) is 5.98. The molecule has 0 fully saturated rings. The summed E-state index contributed by atoms with van der Waals surface area (Å²) in [6.45, 7) is 4.80. The number of nitrogens with zero attached hydrogens (tertiary/aromatic N) is 3. The zero-order valence-electron chi connectivity index (χ0n) is 14.0. The van der Waals surface area contributed by atoms with Crippen molar-refractivity contribution in [1.29, 1.82) is 0 Å². The van der Waals surface area contributed by atoms with E-state index in [-0.39, 0.29) is 11.6 Å². The normalized spacial score (nSPS) is 12.0. The van der Waals surface area contributed by atoms with Crippen LogP contribution in [0, 0.1) is 0 Å². The summed E-state index contributed by atoms with van der Waals surface area (Å²) in [5, 5.41) is 5.79. The molecule has 0 aliphatic rings. The molecule has 25 heavy (non-hydrogen) atoms. The van der Waals surface area contributed by atoms with Gasteiger partial charge in [-0.3, -0.25) is 5.32 Å². The van der Waals surface area contributed by atoms with Crippen molar-refractivity contribution in [3.63, 3.8) is 0 Å². The first-order valence-electron chi connectivity index (χ1n) is 7.17. The first-order valence-corrected chi connectivity index (χ1v) is 7.17. The highest BCUT2D eigenvalue weighted by molar-refractivity contribution is 5.85. The second-order valence-corrected chi connectivity index (χ2v) is 5.98. The maximum absolute atomic E-state index is 13.5. The van der Waals surface area contributed by atoms with Gasteiger partial charge in [-0.15, -0.1) is 0 Å². The van der Waals surface area contributed by atoms with Gasteiger partial charge in [0, 0.05) is 6.20 Å². The number of nitrogens with one attached hydrogen (secondary N) is 1. The van der Waals surface area contributed by atoms with E-state index in [1.165, 1.54) is 25.4 Å². The van der Waals surface area contributed by atoms with Crippen molar-refractivity contribution in [1.82, 2.24) is 14.8 Å². The summed E-state index contributed by atoms with van der Waals surface area (Å²) in [7, 11) is 1.28. The maximum Gasteiger partial charge on any atom is 0.435 e. The molecule has 0 aliphatic carbocycles. The van der Waals surface area contributed by atoms with Gasteiger partial charge in [-0.25, -0.2) is 14.5 Å². The number of rotatable bonds is 3. The molecular formula is C15H17F3N4O3. The zero-order valence-corrected chi connectivity index (χ0v) is 14.0. The SMILES string of the molecule is COc1ncccc1-n1ncc(NC(=O)OC(C)(C)C)c1C(F)(F)F. The van der Waals surface area contributed by atoms with Gasteiger partial charge in [0.2, 0.25) is 5.88 Å². The molecule has 1 amide bonds. The van der Waals surface area contributed by atoms with Gasteiger partial charge >= 0.3 is 12.3 Å². The van der Waals surface area contributed by atoms with E-state index in [1.54, 1.807) is 20.8 Å². The molecule has 7 nitrogen and oxygen atoms in total. The van der Waals surface area contributed by atoms with E-state index in [0.29, 0.717) is 4.68 Å². The standard InChI is InChI=1S/C15H17F3N4O3/c1-14(2,3)25-13(23)21-9-8-20-22(11(9)15(16,17)18)10-6-5-7-19-12(10)24-4/h5-8H,1-4H3,(H,21,23). The fourth-order valence-electron chi connectivity index (χ4n) is 2.01. The zero-order chi connectivity index (χ0) is 18.8. The number of hydrogen-bond donors (Lipinski definition) is 1.